The van der Waals surface area contributed by atoms with Gasteiger partial charge in [-0.05, 0) is 40.0 Å². The lowest BCUT2D eigenvalue weighted by Crippen LogP contribution is -2.51. The second-order valence-electron chi connectivity index (χ2n) is 8.70. The normalized spacial score (nSPS) is 12.4. The molecule has 1 rings (SSSR count). The third-order valence-electron chi connectivity index (χ3n) is 4.19. The Hall–Kier alpha value is -3.11. The van der Waals surface area contributed by atoms with Crippen LogP contribution in [0.1, 0.15) is 46.6 Å². The largest absolute Gasteiger partial charge is 0.480 e. The fourth-order valence-electron chi connectivity index (χ4n) is 2.83. The van der Waals surface area contributed by atoms with Gasteiger partial charge in [0, 0.05) is 24.8 Å². The molecule has 11 nitrogen and oxygen atoms in total. The van der Waals surface area contributed by atoms with Gasteiger partial charge in [0.25, 0.3) is 5.56 Å². The molecular weight excluding hydrogens is 408 g/mol. The number of aromatic nitrogens is 2. The van der Waals surface area contributed by atoms with Crippen molar-refractivity contribution in [2.45, 2.75) is 66.2 Å². The number of aliphatic carboxylic acids is 1. The summed E-state index contributed by atoms with van der Waals surface area (Å²) in [4.78, 5) is 63.5. The number of carbonyl (C=O) groups is 3. The number of hydrogen-bond acceptors (Lipinski definition) is 6. The number of nitrogens with one attached hydrogen (secondary N) is 2. The summed E-state index contributed by atoms with van der Waals surface area (Å²) < 4.78 is 6.15. The average molecular weight is 440 g/mol. The summed E-state index contributed by atoms with van der Waals surface area (Å²) >= 11 is 0. The molecule has 1 aromatic heterocycles. The highest BCUT2D eigenvalue weighted by atomic mass is 16.6. The van der Waals surface area contributed by atoms with Gasteiger partial charge in [-0.3, -0.25) is 19.1 Å². The Morgan fingerprint density at radius 1 is 1.26 bits per heavy atom. The number of amides is 2. The summed E-state index contributed by atoms with van der Waals surface area (Å²) in [6.07, 6.45) is 0.740. The molecule has 0 aliphatic rings. The van der Waals surface area contributed by atoms with Gasteiger partial charge in [-0.1, -0.05) is 13.8 Å². The van der Waals surface area contributed by atoms with E-state index in [-0.39, 0.29) is 31.0 Å². The number of carbonyl (C=O) groups excluding carboxylic acids is 2. The van der Waals surface area contributed by atoms with Crippen LogP contribution in [0.15, 0.2) is 15.8 Å². The first-order valence-electron chi connectivity index (χ1n) is 10.0. The molecule has 174 valence electrons. The molecule has 0 aliphatic carbocycles. The number of H-pyrrole nitrogens is 1. The summed E-state index contributed by atoms with van der Waals surface area (Å²) in [5.41, 5.74) is -1.80. The lowest BCUT2D eigenvalue weighted by molar-refractivity contribution is -0.151. The second kappa shape index (κ2) is 10.8. The van der Waals surface area contributed by atoms with Crippen LogP contribution < -0.4 is 16.6 Å². The fourth-order valence-corrected chi connectivity index (χ4v) is 2.83. The molecule has 0 saturated heterocycles. The number of ether oxygens (including phenoxy) is 1. The van der Waals surface area contributed by atoms with E-state index in [1.165, 1.54) is 13.1 Å². The second-order valence-corrected chi connectivity index (χ2v) is 8.70. The minimum absolute atomic E-state index is 0.0201. The van der Waals surface area contributed by atoms with E-state index in [1.54, 1.807) is 20.8 Å². The van der Waals surface area contributed by atoms with Gasteiger partial charge >= 0.3 is 17.8 Å². The van der Waals surface area contributed by atoms with Crippen LogP contribution in [0.5, 0.6) is 0 Å². The van der Waals surface area contributed by atoms with Crippen molar-refractivity contribution in [2.75, 3.05) is 13.1 Å². The molecule has 2 amide bonds. The SMILES string of the molecule is Cc1cn(CC(=O)N(CCNC(=O)OC(C)(C)C)[C@H](CC(C)C)C(=O)O)c(=O)[nH]c1=O. The first-order valence-corrected chi connectivity index (χ1v) is 10.0. The van der Waals surface area contributed by atoms with E-state index >= 15 is 0 Å². The highest BCUT2D eigenvalue weighted by Crippen LogP contribution is 2.13. The first kappa shape index (κ1) is 25.9. The van der Waals surface area contributed by atoms with E-state index in [9.17, 15) is 29.1 Å². The number of alkyl carbamates (subject to hydrolysis) is 1. The minimum Gasteiger partial charge on any atom is -0.480 e. The summed E-state index contributed by atoms with van der Waals surface area (Å²) in [6.45, 7) is 9.66. The zero-order chi connectivity index (χ0) is 23.9. The molecular formula is C20H32N4O7. The zero-order valence-electron chi connectivity index (χ0n) is 18.9. The van der Waals surface area contributed by atoms with Crippen LogP contribution in [0.3, 0.4) is 0 Å². The van der Waals surface area contributed by atoms with Gasteiger partial charge in [-0.25, -0.2) is 14.4 Å². The molecule has 0 saturated carbocycles. The molecule has 31 heavy (non-hydrogen) atoms. The van der Waals surface area contributed by atoms with Crippen molar-refractivity contribution >= 4 is 18.0 Å². The Kier molecular flexibility index (Phi) is 9.02. The summed E-state index contributed by atoms with van der Waals surface area (Å²) in [6, 6.07) is -1.15. The van der Waals surface area contributed by atoms with Gasteiger partial charge in [-0.15, -0.1) is 0 Å². The maximum absolute atomic E-state index is 13.0. The van der Waals surface area contributed by atoms with E-state index in [1.807, 2.05) is 13.8 Å². The number of hydrogen-bond donors (Lipinski definition) is 3. The first-order chi connectivity index (χ1) is 14.2. The van der Waals surface area contributed by atoms with Crippen molar-refractivity contribution in [1.29, 1.82) is 0 Å². The molecule has 1 aromatic rings. The van der Waals surface area contributed by atoms with Gasteiger partial charge in [0.15, 0.2) is 0 Å². The maximum atomic E-state index is 13.0. The number of nitrogens with zero attached hydrogens (tertiary/aromatic N) is 2. The molecule has 0 bridgehead atoms. The van der Waals surface area contributed by atoms with Gasteiger partial charge in [0.2, 0.25) is 5.91 Å². The number of carboxylic acid groups (broad SMARTS) is 1. The van der Waals surface area contributed by atoms with Crippen molar-refractivity contribution in [3.05, 3.63) is 32.6 Å². The molecule has 0 spiro atoms. The van der Waals surface area contributed by atoms with Crippen LogP contribution in [0, 0.1) is 12.8 Å². The third kappa shape index (κ3) is 8.65. The van der Waals surface area contributed by atoms with Crippen molar-refractivity contribution in [2.24, 2.45) is 5.92 Å². The van der Waals surface area contributed by atoms with E-state index in [0.717, 1.165) is 9.47 Å². The van der Waals surface area contributed by atoms with Crippen molar-refractivity contribution in [3.8, 4) is 0 Å². The summed E-state index contributed by atoms with van der Waals surface area (Å²) in [5, 5.41) is 12.2. The summed E-state index contributed by atoms with van der Waals surface area (Å²) in [7, 11) is 0. The zero-order valence-corrected chi connectivity index (χ0v) is 18.9. The quantitative estimate of drug-likeness (QED) is 0.511. The smallest absolute Gasteiger partial charge is 0.407 e. The molecule has 0 aliphatic heterocycles. The van der Waals surface area contributed by atoms with Crippen LogP contribution in [0.25, 0.3) is 0 Å². The van der Waals surface area contributed by atoms with Gasteiger partial charge in [-0.2, -0.15) is 0 Å². The topological polar surface area (TPSA) is 151 Å². The Labute approximate surface area is 180 Å². The fraction of sp³-hybridized carbons (Fsp3) is 0.650. The highest BCUT2D eigenvalue weighted by molar-refractivity contribution is 5.83. The number of rotatable bonds is 9. The standard InChI is InChI=1S/C20H32N4O7/c1-12(2)9-14(17(27)28)24(8-7-21-19(30)31-20(4,5)6)15(25)11-23-10-13(3)16(26)22-18(23)29/h10,12,14H,7-9,11H2,1-6H3,(H,21,30)(H,27,28)(H,22,26,29)/t14-/m1/s1. The lowest BCUT2D eigenvalue weighted by atomic mass is 10.0. The predicted octanol–water partition coefficient (Wildman–Crippen LogP) is 0.698. The van der Waals surface area contributed by atoms with Crippen molar-refractivity contribution < 1.29 is 24.2 Å². The number of aryl methyl sites for hydroxylation is 1. The van der Waals surface area contributed by atoms with Crippen LogP contribution in [0.4, 0.5) is 4.79 Å². The van der Waals surface area contributed by atoms with Crippen molar-refractivity contribution in [1.82, 2.24) is 19.8 Å². The third-order valence-corrected chi connectivity index (χ3v) is 4.19. The van der Waals surface area contributed by atoms with E-state index < -0.39 is 47.4 Å². The Bertz CT molecular complexity index is 911. The van der Waals surface area contributed by atoms with Crippen LogP contribution in [0.2, 0.25) is 0 Å². The Morgan fingerprint density at radius 3 is 2.39 bits per heavy atom. The number of carboxylic acids is 1. The van der Waals surface area contributed by atoms with Crippen molar-refractivity contribution in [3.63, 3.8) is 0 Å². The van der Waals surface area contributed by atoms with E-state index in [4.69, 9.17) is 4.74 Å². The summed E-state index contributed by atoms with van der Waals surface area (Å²) in [5.74, 6) is -1.84. The van der Waals surface area contributed by atoms with E-state index in [2.05, 4.69) is 10.3 Å². The highest BCUT2D eigenvalue weighted by Gasteiger charge is 2.30. The molecule has 11 heteroatoms. The number of aromatic amines is 1. The average Bonchev–Trinajstić information content (AvgIpc) is 2.59. The minimum atomic E-state index is -1.19. The monoisotopic (exact) mass is 440 g/mol. The van der Waals surface area contributed by atoms with Crippen LogP contribution in [-0.2, 0) is 20.9 Å². The van der Waals surface area contributed by atoms with Crippen LogP contribution >= 0.6 is 0 Å². The molecule has 0 fully saturated rings. The predicted molar refractivity (Wildman–Crippen MR) is 113 cm³/mol. The van der Waals surface area contributed by atoms with Crippen LogP contribution in [-0.4, -0.2) is 62.3 Å². The van der Waals surface area contributed by atoms with Gasteiger partial charge in [0.05, 0.1) is 0 Å². The molecule has 0 radical (unpaired) electrons. The maximum Gasteiger partial charge on any atom is 0.407 e. The Morgan fingerprint density at radius 2 is 1.87 bits per heavy atom. The molecule has 1 atom stereocenters. The molecule has 1 heterocycles. The molecule has 3 N–H and O–H groups in total. The Balaban J connectivity index is 3.06. The molecule has 0 aromatic carbocycles. The van der Waals surface area contributed by atoms with E-state index in [0.29, 0.717) is 0 Å². The molecule has 0 unspecified atom stereocenters. The lowest BCUT2D eigenvalue weighted by Gasteiger charge is -2.30. The van der Waals surface area contributed by atoms with Gasteiger partial charge < -0.3 is 20.1 Å². The van der Waals surface area contributed by atoms with Gasteiger partial charge in [0.1, 0.15) is 18.2 Å².